The number of benzene rings is 1. The van der Waals surface area contributed by atoms with E-state index in [1.807, 2.05) is 6.07 Å². The molecule has 4 nitrogen and oxygen atoms in total. The largest absolute Gasteiger partial charge is 0.497 e. The van der Waals surface area contributed by atoms with Crippen LogP contribution in [-0.2, 0) is 16.0 Å². The molecular formula is C13H12O4. The molecule has 0 saturated heterocycles. The molecule has 0 saturated carbocycles. The zero-order valence-corrected chi connectivity index (χ0v) is 9.65. The van der Waals surface area contributed by atoms with Gasteiger partial charge in [0.1, 0.15) is 12.0 Å². The van der Waals surface area contributed by atoms with Gasteiger partial charge in [-0.15, -0.1) is 0 Å². The number of fused-ring (bicyclic) bond motifs is 1. The fourth-order valence-corrected chi connectivity index (χ4v) is 1.77. The third-order valence-electron chi connectivity index (χ3n) is 2.60. The Bertz CT molecular complexity index is 514. The number of methoxy groups -OCH3 is 1. The van der Waals surface area contributed by atoms with Gasteiger partial charge in [0, 0.05) is 24.5 Å². The fraction of sp³-hybridized carbons (Fsp3) is 0.231. The highest BCUT2D eigenvalue weighted by Gasteiger charge is 2.25. The second kappa shape index (κ2) is 4.41. The minimum absolute atomic E-state index is 0.0936. The van der Waals surface area contributed by atoms with Crippen molar-refractivity contribution in [1.82, 2.24) is 0 Å². The van der Waals surface area contributed by atoms with Crippen LogP contribution in [0.4, 0.5) is 0 Å². The Morgan fingerprint density at radius 3 is 2.82 bits per heavy atom. The van der Waals surface area contributed by atoms with Crippen molar-refractivity contribution >= 4 is 11.8 Å². The molecule has 0 aromatic heterocycles. The summed E-state index contributed by atoms with van der Waals surface area (Å²) in [7, 11) is 1.58. The number of esters is 1. The van der Waals surface area contributed by atoms with Gasteiger partial charge in [-0.3, -0.25) is 9.59 Å². The van der Waals surface area contributed by atoms with Crippen molar-refractivity contribution in [1.29, 1.82) is 0 Å². The number of hydrogen-bond acceptors (Lipinski definition) is 4. The van der Waals surface area contributed by atoms with Crippen molar-refractivity contribution in [3.8, 4) is 5.75 Å². The van der Waals surface area contributed by atoms with Gasteiger partial charge in [-0.2, -0.15) is 0 Å². The maximum Gasteiger partial charge on any atom is 0.307 e. The zero-order valence-electron chi connectivity index (χ0n) is 9.65. The van der Waals surface area contributed by atoms with Crippen molar-refractivity contribution in [3.05, 3.63) is 41.2 Å². The second-order valence-electron chi connectivity index (χ2n) is 3.78. The smallest absolute Gasteiger partial charge is 0.307 e. The van der Waals surface area contributed by atoms with E-state index in [9.17, 15) is 9.59 Å². The summed E-state index contributed by atoms with van der Waals surface area (Å²) in [4.78, 5) is 22.6. The quantitative estimate of drug-likeness (QED) is 0.444. The van der Waals surface area contributed by atoms with Gasteiger partial charge in [0.05, 0.1) is 7.11 Å². The summed E-state index contributed by atoms with van der Waals surface area (Å²) < 4.78 is 9.82. The van der Waals surface area contributed by atoms with Gasteiger partial charge in [-0.05, 0) is 23.8 Å². The van der Waals surface area contributed by atoms with Gasteiger partial charge in [0.2, 0.25) is 0 Å². The molecule has 0 bridgehead atoms. The Morgan fingerprint density at radius 1 is 1.41 bits per heavy atom. The van der Waals surface area contributed by atoms with Crippen LogP contribution in [0.5, 0.6) is 5.75 Å². The Balaban J connectivity index is 2.29. The van der Waals surface area contributed by atoms with Crippen molar-refractivity contribution in [2.45, 2.75) is 13.3 Å². The monoisotopic (exact) mass is 232 g/mol. The Labute approximate surface area is 98.8 Å². The molecule has 88 valence electrons. The van der Waals surface area contributed by atoms with E-state index in [0.717, 1.165) is 5.56 Å². The van der Waals surface area contributed by atoms with Crippen molar-refractivity contribution in [2.75, 3.05) is 7.11 Å². The van der Waals surface area contributed by atoms with Crippen LogP contribution in [0, 0.1) is 0 Å². The first-order valence-corrected chi connectivity index (χ1v) is 5.19. The standard InChI is InChI=1S/C13H12O4/c1-8(14)17-7-10-5-9-6-11(16-2)3-4-12(9)13(10)15/h3-4,6-7H,5H2,1-2H3/b10-7-. The highest BCUT2D eigenvalue weighted by atomic mass is 16.5. The summed E-state index contributed by atoms with van der Waals surface area (Å²) in [6.07, 6.45) is 1.70. The molecule has 0 fully saturated rings. The Hall–Kier alpha value is -2.10. The number of ketones is 1. The number of carbonyl (C=O) groups excluding carboxylic acids is 2. The van der Waals surface area contributed by atoms with E-state index in [1.54, 1.807) is 19.2 Å². The zero-order chi connectivity index (χ0) is 12.4. The SMILES string of the molecule is COc1ccc2c(c1)C/C(=C/OC(C)=O)C2=O. The average Bonchev–Trinajstić information content (AvgIpc) is 2.63. The van der Waals surface area contributed by atoms with Crippen LogP contribution in [0.15, 0.2) is 30.0 Å². The van der Waals surface area contributed by atoms with Crippen LogP contribution in [-0.4, -0.2) is 18.9 Å². The van der Waals surface area contributed by atoms with E-state index >= 15 is 0 Å². The predicted molar refractivity (Wildman–Crippen MR) is 60.9 cm³/mol. The lowest BCUT2D eigenvalue weighted by Gasteiger charge is -2.01. The number of ether oxygens (including phenoxy) is 2. The minimum Gasteiger partial charge on any atom is -0.497 e. The van der Waals surface area contributed by atoms with Gasteiger partial charge in [0.15, 0.2) is 5.78 Å². The summed E-state index contributed by atoms with van der Waals surface area (Å²) in [5.74, 6) is 0.188. The van der Waals surface area contributed by atoms with Crippen LogP contribution < -0.4 is 4.74 Å². The summed E-state index contributed by atoms with van der Waals surface area (Å²) in [6, 6.07) is 5.29. The molecule has 0 radical (unpaired) electrons. The van der Waals surface area contributed by atoms with Crippen molar-refractivity contribution in [2.24, 2.45) is 0 Å². The normalized spacial score (nSPS) is 15.9. The third-order valence-corrected chi connectivity index (χ3v) is 2.60. The third kappa shape index (κ3) is 2.20. The van der Waals surface area contributed by atoms with Crippen molar-refractivity contribution < 1.29 is 19.1 Å². The van der Waals surface area contributed by atoms with E-state index in [-0.39, 0.29) is 5.78 Å². The van der Waals surface area contributed by atoms with Crippen LogP contribution in [0.2, 0.25) is 0 Å². The first-order valence-electron chi connectivity index (χ1n) is 5.19. The molecule has 4 heteroatoms. The lowest BCUT2D eigenvalue weighted by Crippen LogP contribution is -1.98. The highest BCUT2D eigenvalue weighted by Crippen LogP contribution is 2.29. The molecule has 1 aromatic rings. The number of hydrogen-bond donors (Lipinski definition) is 0. The minimum atomic E-state index is -0.432. The molecule has 0 heterocycles. The topological polar surface area (TPSA) is 52.6 Å². The molecule has 0 atom stereocenters. The van der Waals surface area contributed by atoms with E-state index in [0.29, 0.717) is 23.3 Å². The van der Waals surface area contributed by atoms with Crippen LogP contribution in [0.25, 0.3) is 0 Å². The molecule has 1 aromatic carbocycles. The molecule has 1 aliphatic carbocycles. The van der Waals surface area contributed by atoms with Crippen molar-refractivity contribution in [3.63, 3.8) is 0 Å². The Morgan fingerprint density at radius 2 is 2.18 bits per heavy atom. The van der Waals surface area contributed by atoms with Crippen LogP contribution >= 0.6 is 0 Å². The summed E-state index contributed by atoms with van der Waals surface area (Å²) in [5, 5.41) is 0. The van der Waals surface area contributed by atoms with Crippen LogP contribution in [0.1, 0.15) is 22.8 Å². The van der Waals surface area contributed by atoms with Gasteiger partial charge in [-0.25, -0.2) is 0 Å². The lowest BCUT2D eigenvalue weighted by atomic mass is 10.1. The summed E-state index contributed by atoms with van der Waals surface area (Å²) in [6.45, 7) is 1.30. The number of allylic oxidation sites excluding steroid dienone is 1. The molecule has 17 heavy (non-hydrogen) atoms. The Kier molecular flexibility index (Phi) is 2.95. The molecule has 0 amide bonds. The predicted octanol–water partition coefficient (Wildman–Crippen LogP) is 1.88. The van der Waals surface area contributed by atoms with E-state index in [1.165, 1.54) is 13.2 Å². The van der Waals surface area contributed by atoms with Gasteiger partial charge in [0.25, 0.3) is 0 Å². The van der Waals surface area contributed by atoms with E-state index < -0.39 is 5.97 Å². The van der Waals surface area contributed by atoms with E-state index in [2.05, 4.69) is 0 Å². The average molecular weight is 232 g/mol. The van der Waals surface area contributed by atoms with Crippen LogP contribution in [0.3, 0.4) is 0 Å². The number of Topliss-reactive ketones (excluding diaryl/α,β-unsaturated/α-hetero) is 1. The first-order chi connectivity index (χ1) is 8.11. The maximum absolute atomic E-state index is 11.9. The summed E-state index contributed by atoms with van der Waals surface area (Å²) >= 11 is 0. The summed E-state index contributed by atoms with van der Waals surface area (Å²) in [5.41, 5.74) is 2.03. The number of carbonyl (C=O) groups is 2. The first kappa shape index (κ1) is 11.4. The molecule has 0 N–H and O–H groups in total. The second-order valence-corrected chi connectivity index (χ2v) is 3.78. The highest BCUT2D eigenvalue weighted by molar-refractivity contribution is 6.13. The lowest BCUT2D eigenvalue weighted by molar-refractivity contribution is -0.135. The molecular weight excluding hydrogens is 220 g/mol. The van der Waals surface area contributed by atoms with Gasteiger partial charge < -0.3 is 9.47 Å². The molecule has 0 spiro atoms. The van der Waals surface area contributed by atoms with E-state index in [4.69, 9.17) is 9.47 Å². The maximum atomic E-state index is 11.9. The number of rotatable bonds is 2. The fourth-order valence-electron chi connectivity index (χ4n) is 1.77. The van der Waals surface area contributed by atoms with Gasteiger partial charge in [-0.1, -0.05) is 0 Å². The molecule has 0 unspecified atom stereocenters. The molecule has 0 aliphatic heterocycles. The van der Waals surface area contributed by atoms with Gasteiger partial charge >= 0.3 is 5.97 Å². The molecule has 1 aliphatic rings. The molecule has 2 rings (SSSR count).